The number of hydrogen-bond acceptors (Lipinski definition) is 1. The average Bonchev–Trinajstić information content (AvgIpc) is 2.41. The van der Waals surface area contributed by atoms with Crippen LogP contribution in [0.4, 0.5) is 4.39 Å². The van der Waals surface area contributed by atoms with E-state index in [0.717, 1.165) is 6.42 Å². The van der Waals surface area contributed by atoms with Gasteiger partial charge in [0.1, 0.15) is 6.17 Å². The van der Waals surface area contributed by atoms with Crippen molar-refractivity contribution in [2.45, 2.75) is 57.3 Å². The van der Waals surface area contributed by atoms with Gasteiger partial charge in [0.05, 0.1) is 0 Å². The molecule has 0 aromatic carbocycles. The van der Waals surface area contributed by atoms with E-state index < -0.39 is 6.17 Å². The molecule has 3 atom stereocenters. The highest BCUT2D eigenvalue weighted by atomic mass is 19.1. The molecule has 0 aromatic rings. The molecule has 0 N–H and O–H groups in total. The van der Waals surface area contributed by atoms with Gasteiger partial charge in [0, 0.05) is 18.1 Å². The molecule has 0 aromatic heterocycles. The number of alkyl halides is 1. The Balaban J connectivity index is 2.13. The standard InChI is InChI=1S/C10H18FN/c1-3-9-4-5-10(2)6-8(11)7-12(9)10/h8-9H,3-7H2,1-2H3/t8-,9?,10+/m1/s1. The van der Waals surface area contributed by atoms with E-state index in [1.807, 2.05) is 0 Å². The molecule has 2 saturated heterocycles. The minimum absolute atomic E-state index is 0.208. The molecule has 0 radical (unpaired) electrons. The first kappa shape index (κ1) is 8.49. The lowest BCUT2D eigenvalue weighted by molar-refractivity contribution is 0.162. The highest BCUT2D eigenvalue weighted by Gasteiger charge is 2.48. The third-order valence-electron chi connectivity index (χ3n) is 3.68. The summed E-state index contributed by atoms with van der Waals surface area (Å²) >= 11 is 0. The van der Waals surface area contributed by atoms with Gasteiger partial charge in [0.25, 0.3) is 0 Å². The van der Waals surface area contributed by atoms with Crippen molar-refractivity contribution in [3.05, 3.63) is 0 Å². The van der Waals surface area contributed by atoms with Gasteiger partial charge in [-0.3, -0.25) is 4.90 Å². The Morgan fingerprint density at radius 1 is 1.58 bits per heavy atom. The summed E-state index contributed by atoms with van der Waals surface area (Å²) in [5.41, 5.74) is 0.208. The van der Waals surface area contributed by atoms with Crippen LogP contribution in [0.3, 0.4) is 0 Å². The minimum Gasteiger partial charge on any atom is -0.292 e. The Kier molecular flexibility index (Phi) is 1.90. The molecule has 0 saturated carbocycles. The van der Waals surface area contributed by atoms with Gasteiger partial charge in [-0.1, -0.05) is 6.92 Å². The Labute approximate surface area is 73.9 Å². The molecule has 1 nitrogen and oxygen atoms in total. The second kappa shape index (κ2) is 2.69. The quantitative estimate of drug-likeness (QED) is 0.585. The number of rotatable bonds is 1. The molecule has 1 unspecified atom stereocenters. The minimum atomic E-state index is -0.565. The van der Waals surface area contributed by atoms with Crippen LogP contribution in [0.15, 0.2) is 0 Å². The second-order valence-electron chi connectivity index (χ2n) is 4.55. The third-order valence-corrected chi connectivity index (χ3v) is 3.68. The van der Waals surface area contributed by atoms with E-state index in [9.17, 15) is 4.39 Å². The van der Waals surface area contributed by atoms with Gasteiger partial charge in [-0.15, -0.1) is 0 Å². The highest BCUT2D eigenvalue weighted by Crippen LogP contribution is 2.43. The van der Waals surface area contributed by atoms with E-state index in [1.54, 1.807) is 0 Å². The zero-order valence-corrected chi connectivity index (χ0v) is 8.02. The van der Waals surface area contributed by atoms with Gasteiger partial charge in [-0.2, -0.15) is 0 Å². The molecule has 0 amide bonds. The molecule has 70 valence electrons. The molecule has 0 bridgehead atoms. The summed E-state index contributed by atoms with van der Waals surface area (Å²) in [6.45, 7) is 5.12. The molecule has 2 aliphatic rings. The predicted molar refractivity (Wildman–Crippen MR) is 47.9 cm³/mol. The van der Waals surface area contributed by atoms with Gasteiger partial charge >= 0.3 is 0 Å². The maximum Gasteiger partial charge on any atom is 0.115 e. The first-order chi connectivity index (χ1) is 5.65. The smallest absolute Gasteiger partial charge is 0.115 e. The molecular weight excluding hydrogens is 153 g/mol. The summed E-state index contributed by atoms with van der Waals surface area (Å²) in [6.07, 6.45) is 3.86. The van der Waals surface area contributed by atoms with Crippen LogP contribution < -0.4 is 0 Å². The lowest BCUT2D eigenvalue weighted by Gasteiger charge is -2.30. The van der Waals surface area contributed by atoms with Crippen molar-refractivity contribution in [2.75, 3.05) is 6.54 Å². The fraction of sp³-hybridized carbons (Fsp3) is 1.00. The molecule has 0 spiro atoms. The first-order valence-electron chi connectivity index (χ1n) is 5.06. The van der Waals surface area contributed by atoms with Crippen molar-refractivity contribution < 1.29 is 4.39 Å². The Bertz CT molecular complexity index is 183. The predicted octanol–water partition coefficient (Wildman–Crippen LogP) is 2.36. The van der Waals surface area contributed by atoms with E-state index in [-0.39, 0.29) is 5.54 Å². The van der Waals surface area contributed by atoms with E-state index in [0.29, 0.717) is 12.6 Å². The van der Waals surface area contributed by atoms with Crippen molar-refractivity contribution in [2.24, 2.45) is 0 Å². The molecule has 0 aliphatic carbocycles. The van der Waals surface area contributed by atoms with Crippen molar-refractivity contribution in [3.8, 4) is 0 Å². The Hall–Kier alpha value is -0.110. The van der Waals surface area contributed by atoms with E-state index in [1.165, 1.54) is 19.3 Å². The molecule has 2 rings (SSSR count). The zero-order chi connectivity index (χ0) is 8.77. The molecule has 2 heterocycles. The van der Waals surface area contributed by atoms with Crippen molar-refractivity contribution in [1.82, 2.24) is 4.90 Å². The SMILES string of the molecule is CCC1CC[C@@]2(C)C[C@@H](F)CN12. The third kappa shape index (κ3) is 1.08. The van der Waals surface area contributed by atoms with Gasteiger partial charge in [-0.05, 0) is 32.6 Å². The van der Waals surface area contributed by atoms with Crippen molar-refractivity contribution in [1.29, 1.82) is 0 Å². The van der Waals surface area contributed by atoms with Gasteiger partial charge in [0.2, 0.25) is 0 Å². The lowest BCUT2D eigenvalue weighted by atomic mass is 9.96. The monoisotopic (exact) mass is 171 g/mol. The number of nitrogens with zero attached hydrogens (tertiary/aromatic N) is 1. The number of fused-ring (bicyclic) bond motifs is 1. The normalized spacial score (nSPS) is 48.2. The van der Waals surface area contributed by atoms with Crippen molar-refractivity contribution in [3.63, 3.8) is 0 Å². The van der Waals surface area contributed by atoms with Crippen LogP contribution in [-0.2, 0) is 0 Å². The first-order valence-corrected chi connectivity index (χ1v) is 5.06. The fourth-order valence-electron chi connectivity index (χ4n) is 2.99. The second-order valence-corrected chi connectivity index (χ2v) is 4.55. The molecule has 2 fully saturated rings. The van der Waals surface area contributed by atoms with E-state index >= 15 is 0 Å². The molecule has 2 heteroatoms. The lowest BCUT2D eigenvalue weighted by Crippen LogP contribution is -2.39. The van der Waals surface area contributed by atoms with Crippen LogP contribution in [0.5, 0.6) is 0 Å². The summed E-state index contributed by atoms with van der Waals surface area (Å²) in [6, 6.07) is 0.663. The average molecular weight is 171 g/mol. The molecule has 12 heavy (non-hydrogen) atoms. The Morgan fingerprint density at radius 3 is 3.00 bits per heavy atom. The maximum atomic E-state index is 13.2. The van der Waals surface area contributed by atoms with Gasteiger partial charge in [-0.25, -0.2) is 4.39 Å². The highest BCUT2D eigenvalue weighted by molar-refractivity contribution is 5.04. The van der Waals surface area contributed by atoms with Crippen LogP contribution in [0, 0.1) is 0 Å². The van der Waals surface area contributed by atoms with Crippen LogP contribution in [0.25, 0.3) is 0 Å². The summed E-state index contributed by atoms with van der Waals surface area (Å²) in [5.74, 6) is 0. The van der Waals surface area contributed by atoms with Crippen LogP contribution >= 0.6 is 0 Å². The largest absolute Gasteiger partial charge is 0.292 e. The number of hydrogen-bond donors (Lipinski definition) is 0. The topological polar surface area (TPSA) is 3.24 Å². The summed E-state index contributed by atoms with van der Waals surface area (Å²) < 4.78 is 13.2. The van der Waals surface area contributed by atoms with Crippen LogP contribution in [0.2, 0.25) is 0 Å². The molecule has 2 aliphatic heterocycles. The van der Waals surface area contributed by atoms with Gasteiger partial charge < -0.3 is 0 Å². The fourth-order valence-corrected chi connectivity index (χ4v) is 2.99. The van der Waals surface area contributed by atoms with Gasteiger partial charge in [0.15, 0.2) is 0 Å². The molecular formula is C10H18FN. The van der Waals surface area contributed by atoms with Crippen molar-refractivity contribution >= 4 is 0 Å². The number of halogens is 1. The Morgan fingerprint density at radius 2 is 2.33 bits per heavy atom. The maximum absolute atomic E-state index is 13.2. The van der Waals surface area contributed by atoms with Crippen LogP contribution in [-0.4, -0.2) is 29.2 Å². The zero-order valence-electron chi connectivity index (χ0n) is 8.02. The van der Waals surface area contributed by atoms with E-state index in [2.05, 4.69) is 18.7 Å². The summed E-state index contributed by atoms with van der Waals surface area (Å²) in [4.78, 5) is 2.40. The van der Waals surface area contributed by atoms with E-state index in [4.69, 9.17) is 0 Å². The summed E-state index contributed by atoms with van der Waals surface area (Å²) in [5, 5.41) is 0. The summed E-state index contributed by atoms with van der Waals surface area (Å²) in [7, 11) is 0. The van der Waals surface area contributed by atoms with Crippen LogP contribution in [0.1, 0.15) is 39.5 Å².